The van der Waals surface area contributed by atoms with E-state index in [1.54, 1.807) is 0 Å². The van der Waals surface area contributed by atoms with Crippen LogP contribution in [-0.2, 0) is 6.54 Å². The van der Waals surface area contributed by atoms with Gasteiger partial charge in [0.25, 0.3) is 0 Å². The topological polar surface area (TPSA) is 31.4 Å². The van der Waals surface area contributed by atoms with Gasteiger partial charge in [0.15, 0.2) is 0 Å². The van der Waals surface area contributed by atoms with Crippen molar-refractivity contribution in [3.63, 3.8) is 0 Å². The Morgan fingerprint density at radius 2 is 2.20 bits per heavy atom. The molecular weight excluding hydrogens is 248 g/mol. The van der Waals surface area contributed by atoms with Crippen molar-refractivity contribution < 1.29 is 0 Å². The summed E-state index contributed by atoms with van der Waals surface area (Å²) < 4.78 is 0. The first-order valence-corrected chi connectivity index (χ1v) is 7.82. The minimum atomic E-state index is 0.679. The average Bonchev–Trinajstić information content (AvgIpc) is 3.21. The van der Waals surface area contributed by atoms with Gasteiger partial charge in [0.2, 0.25) is 0 Å². The number of nitrogens with one attached hydrogen (secondary N) is 1. The summed E-state index contributed by atoms with van der Waals surface area (Å²) in [5, 5.41) is 3.53. The highest BCUT2D eigenvalue weighted by molar-refractivity contribution is 5.38. The molecular formula is C16H26N4. The number of anilines is 1. The number of hydrogen-bond acceptors (Lipinski definition) is 4. The summed E-state index contributed by atoms with van der Waals surface area (Å²) >= 11 is 0. The van der Waals surface area contributed by atoms with Crippen molar-refractivity contribution in [2.24, 2.45) is 0 Å². The maximum atomic E-state index is 4.61. The highest BCUT2D eigenvalue weighted by Gasteiger charge is 2.22. The largest absolute Gasteiger partial charge is 0.358 e. The third-order valence-electron chi connectivity index (χ3n) is 4.53. The third kappa shape index (κ3) is 3.49. The van der Waals surface area contributed by atoms with Crippen molar-refractivity contribution in [1.82, 2.24) is 15.2 Å². The summed E-state index contributed by atoms with van der Waals surface area (Å²) in [4.78, 5) is 9.36. The molecule has 2 aliphatic rings. The summed E-state index contributed by atoms with van der Waals surface area (Å²) in [6.07, 6.45) is 7.32. The number of likely N-dealkylation sites (tertiary alicyclic amines) is 1. The molecule has 0 spiro atoms. The maximum absolute atomic E-state index is 4.61. The fraction of sp³-hybridized carbons (Fsp3) is 0.688. The van der Waals surface area contributed by atoms with Crippen LogP contribution in [0.25, 0.3) is 0 Å². The van der Waals surface area contributed by atoms with Gasteiger partial charge in [-0.15, -0.1) is 0 Å². The Bertz CT molecular complexity index is 427. The zero-order valence-electron chi connectivity index (χ0n) is 12.7. The molecule has 110 valence electrons. The lowest BCUT2D eigenvalue weighted by Crippen LogP contribution is -2.36. The Kier molecular flexibility index (Phi) is 4.22. The number of pyridine rings is 1. The summed E-state index contributed by atoms with van der Waals surface area (Å²) in [6, 6.07) is 5.79. The Morgan fingerprint density at radius 1 is 1.35 bits per heavy atom. The molecule has 1 aliphatic heterocycles. The SMILES string of the molecule is CN(CC1CCCN1C)c1ccc(CNC2CC2)cn1. The molecule has 1 saturated heterocycles. The molecule has 1 N–H and O–H groups in total. The fourth-order valence-electron chi connectivity index (χ4n) is 2.92. The first-order valence-electron chi connectivity index (χ1n) is 7.82. The van der Waals surface area contributed by atoms with Crippen LogP contribution in [0.3, 0.4) is 0 Å². The van der Waals surface area contributed by atoms with E-state index < -0.39 is 0 Å². The Morgan fingerprint density at radius 3 is 2.80 bits per heavy atom. The summed E-state index contributed by atoms with van der Waals surface area (Å²) in [5.41, 5.74) is 1.28. The molecule has 2 heterocycles. The highest BCUT2D eigenvalue weighted by Crippen LogP contribution is 2.20. The van der Waals surface area contributed by atoms with Gasteiger partial charge in [0, 0.05) is 38.4 Å². The third-order valence-corrected chi connectivity index (χ3v) is 4.53. The Hall–Kier alpha value is -1.13. The molecule has 1 saturated carbocycles. The van der Waals surface area contributed by atoms with Crippen LogP contribution in [0.5, 0.6) is 0 Å². The number of nitrogens with zero attached hydrogens (tertiary/aromatic N) is 3. The standard InChI is InChI=1S/C16H26N4/c1-19-9-3-4-15(19)12-20(2)16-8-5-13(11-18-16)10-17-14-6-7-14/h5,8,11,14-15,17H,3-4,6-7,9-10,12H2,1-2H3. The van der Waals surface area contributed by atoms with Crippen LogP contribution in [0.1, 0.15) is 31.2 Å². The van der Waals surface area contributed by atoms with Crippen LogP contribution in [0.15, 0.2) is 18.3 Å². The van der Waals surface area contributed by atoms with Crippen molar-refractivity contribution >= 4 is 5.82 Å². The van der Waals surface area contributed by atoms with Crippen molar-refractivity contribution in [2.75, 3.05) is 32.1 Å². The maximum Gasteiger partial charge on any atom is 0.128 e. The molecule has 2 fully saturated rings. The van der Waals surface area contributed by atoms with Crippen LogP contribution in [0.2, 0.25) is 0 Å². The minimum absolute atomic E-state index is 0.679. The van der Waals surface area contributed by atoms with Crippen LogP contribution < -0.4 is 10.2 Å². The second-order valence-electron chi connectivity index (χ2n) is 6.34. The lowest BCUT2D eigenvalue weighted by molar-refractivity contribution is 0.314. The van der Waals surface area contributed by atoms with Gasteiger partial charge < -0.3 is 15.1 Å². The second-order valence-corrected chi connectivity index (χ2v) is 6.34. The summed E-state index contributed by atoms with van der Waals surface area (Å²) in [6.45, 7) is 3.26. The molecule has 1 aliphatic carbocycles. The first kappa shape index (κ1) is 13.8. The zero-order chi connectivity index (χ0) is 13.9. The van der Waals surface area contributed by atoms with Gasteiger partial charge in [0.1, 0.15) is 5.82 Å². The second kappa shape index (κ2) is 6.10. The number of hydrogen-bond donors (Lipinski definition) is 1. The average molecular weight is 274 g/mol. The predicted molar refractivity (Wildman–Crippen MR) is 83.0 cm³/mol. The summed E-state index contributed by atoms with van der Waals surface area (Å²) in [5.74, 6) is 1.08. The lowest BCUT2D eigenvalue weighted by atomic mass is 10.2. The molecule has 1 unspecified atom stereocenters. The zero-order valence-corrected chi connectivity index (χ0v) is 12.7. The number of likely N-dealkylation sites (N-methyl/N-ethyl adjacent to an activating group) is 2. The van der Waals surface area contributed by atoms with Gasteiger partial charge in [0.05, 0.1) is 0 Å². The number of rotatable bonds is 6. The molecule has 1 aromatic rings. The van der Waals surface area contributed by atoms with E-state index in [0.29, 0.717) is 6.04 Å². The van der Waals surface area contributed by atoms with Crippen molar-refractivity contribution in [3.05, 3.63) is 23.9 Å². The van der Waals surface area contributed by atoms with Crippen LogP contribution >= 0.6 is 0 Å². The van der Waals surface area contributed by atoms with Gasteiger partial charge in [-0.2, -0.15) is 0 Å². The van der Waals surface area contributed by atoms with Gasteiger partial charge in [-0.1, -0.05) is 6.07 Å². The monoisotopic (exact) mass is 274 g/mol. The molecule has 3 rings (SSSR count). The van der Waals surface area contributed by atoms with Gasteiger partial charge in [-0.05, 0) is 50.9 Å². The Labute approximate surface area is 122 Å². The Balaban J connectivity index is 1.52. The van der Waals surface area contributed by atoms with E-state index in [2.05, 4.69) is 46.3 Å². The van der Waals surface area contributed by atoms with Crippen LogP contribution in [0.4, 0.5) is 5.82 Å². The number of aromatic nitrogens is 1. The van der Waals surface area contributed by atoms with E-state index in [-0.39, 0.29) is 0 Å². The normalized spacial score (nSPS) is 23.2. The van der Waals surface area contributed by atoms with Crippen molar-refractivity contribution in [3.8, 4) is 0 Å². The fourth-order valence-corrected chi connectivity index (χ4v) is 2.92. The lowest BCUT2D eigenvalue weighted by Gasteiger charge is -2.26. The van der Waals surface area contributed by atoms with E-state index >= 15 is 0 Å². The molecule has 4 heteroatoms. The van der Waals surface area contributed by atoms with Crippen molar-refractivity contribution in [2.45, 2.75) is 44.3 Å². The van der Waals surface area contributed by atoms with Gasteiger partial charge in [-0.25, -0.2) is 4.98 Å². The van der Waals surface area contributed by atoms with Gasteiger partial charge >= 0.3 is 0 Å². The van der Waals surface area contributed by atoms with Gasteiger partial charge in [-0.3, -0.25) is 0 Å². The van der Waals surface area contributed by atoms with E-state index in [1.807, 2.05) is 6.20 Å². The molecule has 4 nitrogen and oxygen atoms in total. The predicted octanol–water partition coefficient (Wildman–Crippen LogP) is 1.86. The molecule has 0 aromatic carbocycles. The van der Waals surface area contributed by atoms with Crippen LogP contribution in [-0.4, -0.2) is 49.2 Å². The van der Waals surface area contributed by atoms with Crippen LogP contribution in [0, 0.1) is 0 Å². The van der Waals surface area contributed by atoms with E-state index in [0.717, 1.165) is 24.9 Å². The molecule has 0 radical (unpaired) electrons. The molecule has 20 heavy (non-hydrogen) atoms. The van der Waals surface area contributed by atoms with E-state index in [9.17, 15) is 0 Å². The molecule has 0 bridgehead atoms. The van der Waals surface area contributed by atoms with E-state index in [1.165, 1.54) is 37.8 Å². The summed E-state index contributed by atoms with van der Waals surface area (Å²) in [7, 11) is 4.38. The minimum Gasteiger partial charge on any atom is -0.358 e. The van der Waals surface area contributed by atoms with Crippen molar-refractivity contribution in [1.29, 1.82) is 0 Å². The van der Waals surface area contributed by atoms with E-state index in [4.69, 9.17) is 0 Å². The smallest absolute Gasteiger partial charge is 0.128 e. The quantitative estimate of drug-likeness (QED) is 0.858. The molecule has 0 amide bonds. The molecule has 1 atom stereocenters. The first-order chi connectivity index (χ1) is 9.72. The molecule has 1 aromatic heterocycles. The highest BCUT2D eigenvalue weighted by atomic mass is 15.2.